The molecule has 0 bridgehead atoms. The van der Waals surface area contributed by atoms with Gasteiger partial charge in [0.1, 0.15) is 5.82 Å². The van der Waals surface area contributed by atoms with Crippen LogP contribution in [-0.2, 0) is 0 Å². The zero-order chi connectivity index (χ0) is 14.0. The van der Waals surface area contributed by atoms with Gasteiger partial charge in [0.15, 0.2) is 0 Å². The van der Waals surface area contributed by atoms with Crippen molar-refractivity contribution >= 4 is 11.6 Å². The lowest BCUT2D eigenvalue weighted by Gasteiger charge is -2.19. The molecule has 0 saturated heterocycles. The summed E-state index contributed by atoms with van der Waals surface area (Å²) in [4.78, 5) is 0. The highest BCUT2D eigenvalue weighted by atomic mass is 35.5. The predicted octanol–water partition coefficient (Wildman–Crippen LogP) is 2.44. The molecule has 0 spiro atoms. The lowest BCUT2D eigenvalue weighted by atomic mass is 9.98. The molecular formula is C13H14ClFN4. The van der Waals surface area contributed by atoms with Crippen molar-refractivity contribution in [3.05, 3.63) is 57.6 Å². The molecule has 0 fully saturated rings. The van der Waals surface area contributed by atoms with E-state index in [9.17, 15) is 4.39 Å². The molecule has 1 unspecified atom stereocenters. The van der Waals surface area contributed by atoms with Gasteiger partial charge in [-0.3, -0.25) is 5.84 Å². The minimum absolute atomic E-state index is 0.365. The minimum atomic E-state index is -0.433. The Kier molecular flexibility index (Phi) is 4.09. The summed E-state index contributed by atoms with van der Waals surface area (Å²) in [5.41, 5.74) is 5.52. The van der Waals surface area contributed by atoms with Gasteiger partial charge in [-0.15, -0.1) is 0 Å². The summed E-state index contributed by atoms with van der Waals surface area (Å²) >= 11 is 6.11. The van der Waals surface area contributed by atoms with E-state index in [0.29, 0.717) is 16.3 Å². The van der Waals surface area contributed by atoms with Crippen LogP contribution in [-0.4, -0.2) is 10.2 Å². The molecule has 1 heterocycles. The van der Waals surface area contributed by atoms with Crippen molar-refractivity contribution in [2.24, 2.45) is 5.84 Å². The van der Waals surface area contributed by atoms with Gasteiger partial charge in [0, 0.05) is 5.02 Å². The van der Waals surface area contributed by atoms with Crippen LogP contribution in [0.4, 0.5) is 4.39 Å². The number of hydrazine groups is 1. The van der Waals surface area contributed by atoms with E-state index < -0.39 is 6.04 Å². The molecule has 0 aliphatic carbocycles. The third kappa shape index (κ3) is 2.89. The minimum Gasteiger partial charge on any atom is -0.271 e. The van der Waals surface area contributed by atoms with Crippen molar-refractivity contribution in [3.8, 4) is 0 Å². The second kappa shape index (κ2) is 5.61. The van der Waals surface area contributed by atoms with E-state index in [4.69, 9.17) is 17.4 Å². The number of rotatable bonds is 3. The second-order valence-electron chi connectivity index (χ2n) is 4.29. The molecule has 2 aromatic rings. The number of nitrogens with zero attached hydrogens (tertiary/aromatic N) is 2. The average Bonchev–Trinajstić information content (AvgIpc) is 2.38. The highest BCUT2D eigenvalue weighted by Gasteiger charge is 2.19. The first-order valence-corrected chi connectivity index (χ1v) is 6.12. The summed E-state index contributed by atoms with van der Waals surface area (Å²) in [6, 6.07) is 5.60. The van der Waals surface area contributed by atoms with E-state index in [0.717, 1.165) is 11.3 Å². The molecular weight excluding hydrogens is 267 g/mol. The third-order valence-electron chi connectivity index (χ3n) is 2.89. The van der Waals surface area contributed by atoms with Gasteiger partial charge in [-0.05, 0) is 49.2 Å². The number of hydrogen-bond acceptors (Lipinski definition) is 4. The maximum atomic E-state index is 13.4. The van der Waals surface area contributed by atoms with Gasteiger partial charge in [0.25, 0.3) is 0 Å². The molecule has 0 saturated carbocycles. The fraction of sp³-hybridized carbons (Fsp3) is 0.231. The van der Waals surface area contributed by atoms with Crippen LogP contribution in [0.2, 0.25) is 5.02 Å². The number of aromatic nitrogens is 2. The lowest BCUT2D eigenvalue weighted by molar-refractivity contribution is 0.601. The molecule has 0 aliphatic heterocycles. The fourth-order valence-electron chi connectivity index (χ4n) is 1.95. The summed E-state index contributed by atoms with van der Waals surface area (Å²) in [6.45, 7) is 3.65. The van der Waals surface area contributed by atoms with Gasteiger partial charge >= 0.3 is 0 Å². The Bertz CT molecular complexity index is 552. The molecule has 4 nitrogen and oxygen atoms in total. The fourth-order valence-corrected chi connectivity index (χ4v) is 2.17. The zero-order valence-corrected chi connectivity index (χ0v) is 11.4. The van der Waals surface area contributed by atoms with Gasteiger partial charge in [0.05, 0.1) is 17.4 Å². The van der Waals surface area contributed by atoms with Crippen molar-refractivity contribution in [2.75, 3.05) is 0 Å². The Morgan fingerprint density at radius 1 is 1.21 bits per heavy atom. The van der Waals surface area contributed by atoms with Crippen LogP contribution in [0.5, 0.6) is 0 Å². The van der Waals surface area contributed by atoms with E-state index in [1.54, 1.807) is 0 Å². The Balaban J connectivity index is 2.55. The molecule has 1 aromatic heterocycles. The van der Waals surface area contributed by atoms with E-state index in [-0.39, 0.29) is 5.82 Å². The largest absolute Gasteiger partial charge is 0.271 e. The van der Waals surface area contributed by atoms with Crippen LogP contribution in [0, 0.1) is 19.7 Å². The van der Waals surface area contributed by atoms with Crippen molar-refractivity contribution in [3.63, 3.8) is 0 Å². The molecule has 0 radical (unpaired) electrons. The summed E-state index contributed by atoms with van der Waals surface area (Å²) in [6.07, 6.45) is 0. The predicted molar refractivity (Wildman–Crippen MR) is 72.1 cm³/mol. The van der Waals surface area contributed by atoms with Gasteiger partial charge in [-0.2, -0.15) is 10.2 Å². The number of nitrogens with two attached hydrogens (primary N) is 1. The third-order valence-corrected chi connectivity index (χ3v) is 3.23. The van der Waals surface area contributed by atoms with Crippen LogP contribution in [0.3, 0.4) is 0 Å². The first-order chi connectivity index (χ1) is 9.02. The van der Waals surface area contributed by atoms with E-state index in [1.807, 2.05) is 19.9 Å². The number of aryl methyl sites for hydroxylation is 2. The zero-order valence-electron chi connectivity index (χ0n) is 10.6. The summed E-state index contributed by atoms with van der Waals surface area (Å²) in [5.74, 6) is 5.23. The molecule has 100 valence electrons. The van der Waals surface area contributed by atoms with E-state index >= 15 is 0 Å². The number of nitrogens with one attached hydrogen (secondary N) is 1. The maximum absolute atomic E-state index is 13.4. The summed E-state index contributed by atoms with van der Waals surface area (Å²) in [5, 5.41) is 8.45. The molecule has 0 aliphatic rings. The average molecular weight is 281 g/mol. The number of benzene rings is 1. The molecule has 1 atom stereocenters. The standard InChI is InChI=1S/C13H14ClFN4/c1-7-5-10(8(2)19-18-7)13(17-16)11-6-9(15)3-4-12(11)14/h3-6,13,17H,16H2,1-2H3. The summed E-state index contributed by atoms with van der Waals surface area (Å²) in [7, 11) is 0. The molecule has 19 heavy (non-hydrogen) atoms. The van der Waals surface area contributed by atoms with Crippen molar-refractivity contribution in [2.45, 2.75) is 19.9 Å². The highest BCUT2D eigenvalue weighted by molar-refractivity contribution is 6.31. The van der Waals surface area contributed by atoms with Crippen LogP contribution < -0.4 is 11.3 Å². The van der Waals surface area contributed by atoms with Crippen LogP contribution in [0.25, 0.3) is 0 Å². The van der Waals surface area contributed by atoms with Crippen molar-refractivity contribution < 1.29 is 4.39 Å². The van der Waals surface area contributed by atoms with Gasteiger partial charge in [-0.1, -0.05) is 11.6 Å². The van der Waals surface area contributed by atoms with E-state index in [1.165, 1.54) is 18.2 Å². The highest BCUT2D eigenvalue weighted by Crippen LogP contribution is 2.29. The number of hydrogen-bond donors (Lipinski definition) is 2. The molecule has 3 N–H and O–H groups in total. The smallest absolute Gasteiger partial charge is 0.123 e. The normalized spacial score (nSPS) is 12.5. The molecule has 0 amide bonds. The summed E-state index contributed by atoms with van der Waals surface area (Å²) < 4.78 is 13.4. The Hall–Kier alpha value is -1.56. The van der Waals surface area contributed by atoms with Crippen molar-refractivity contribution in [1.29, 1.82) is 0 Å². The van der Waals surface area contributed by atoms with Crippen LogP contribution >= 0.6 is 11.6 Å². The second-order valence-corrected chi connectivity index (χ2v) is 4.70. The molecule has 2 rings (SSSR count). The van der Waals surface area contributed by atoms with Gasteiger partial charge in [-0.25, -0.2) is 9.82 Å². The molecule has 6 heteroatoms. The van der Waals surface area contributed by atoms with Gasteiger partial charge < -0.3 is 0 Å². The Labute approximate surface area is 115 Å². The quantitative estimate of drug-likeness (QED) is 0.669. The Morgan fingerprint density at radius 2 is 1.95 bits per heavy atom. The van der Waals surface area contributed by atoms with Crippen LogP contribution in [0.1, 0.15) is 28.6 Å². The van der Waals surface area contributed by atoms with Gasteiger partial charge in [0.2, 0.25) is 0 Å². The van der Waals surface area contributed by atoms with Crippen LogP contribution in [0.15, 0.2) is 24.3 Å². The van der Waals surface area contributed by atoms with E-state index in [2.05, 4.69) is 15.6 Å². The first kappa shape index (κ1) is 13.9. The molecule has 1 aromatic carbocycles. The first-order valence-electron chi connectivity index (χ1n) is 5.75. The SMILES string of the molecule is Cc1cc(C(NN)c2cc(F)ccc2Cl)c(C)nn1. The topological polar surface area (TPSA) is 63.8 Å². The lowest BCUT2D eigenvalue weighted by Crippen LogP contribution is -2.30. The monoisotopic (exact) mass is 280 g/mol. The maximum Gasteiger partial charge on any atom is 0.123 e. The Morgan fingerprint density at radius 3 is 2.63 bits per heavy atom. The van der Waals surface area contributed by atoms with Crippen molar-refractivity contribution in [1.82, 2.24) is 15.6 Å². The number of halogens is 2.